The molecule has 0 aliphatic heterocycles. The van der Waals surface area contributed by atoms with Gasteiger partial charge in [-0.25, -0.2) is 0 Å². The number of rotatable bonds is 3. The Bertz CT molecular complexity index is 148. The second-order valence-corrected chi connectivity index (χ2v) is 5.82. The normalized spacial score (nSPS) is 35.8. The Hall–Kier alpha value is 0.440. The maximum atomic E-state index is 5.86. The van der Waals surface area contributed by atoms with Gasteiger partial charge in [-0.2, -0.15) is 0 Å². The van der Waals surface area contributed by atoms with Gasteiger partial charge in [0.05, 0.1) is 6.10 Å². The van der Waals surface area contributed by atoms with Crippen molar-refractivity contribution >= 4 is 15.9 Å². The molecule has 1 nitrogen and oxygen atoms in total. The number of halogens is 1. The van der Waals surface area contributed by atoms with E-state index >= 15 is 0 Å². The molecular formula is C11H19BrO. The third-order valence-corrected chi connectivity index (χ3v) is 4.08. The lowest BCUT2D eigenvalue weighted by atomic mass is 9.89. The molecule has 0 bridgehead atoms. The standard InChI is InChI=1S/C11H19BrO/c12-10-6-11(7-10)13-8-9-4-2-1-3-5-9/h9-11H,1-8H2. The Morgan fingerprint density at radius 2 is 1.77 bits per heavy atom. The van der Waals surface area contributed by atoms with Crippen molar-refractivity contribution in [3.63, 3.8) is 0 Å². The van der Waals surface area contributed by atoms with E-state index in [9.17, 15) is 0 Å². The van der Waals surface area contributed by atoms with Gasteiger partial charge in [0.1, 0.15) is 0 Å². The van der Waals surface area contributed by atoms with E-state index < -0.39 is 0 Å². The zero-order valence-electron chi connectivity index (χ0n) is 8.18. The van der Waals surface area contributed by atoms with E-state index in [-0.39, 0.29) is 0 Å². The largest absolute Gasteiger partial charge is 0.378 e. The van der Waals surface area contributed by atoms with Crippen LogP contribution in [-0.4, -0.2) is 17.5 Å². The Morgan fingerprint density at radius 3 is 2.38 bits per heavy atom. The van der Waals surface area contributed by atoms with E-state index in [1.807, 2.05) is 0 Å². The summed E-state index contributed by atoms with van der Waals surface area (Å²) in [7, 11) is 0. The molecule has 2 fully saturated rings. The Morgan fingerprint density at radius 1 is 1.08 bits per heavy atom. The molecule has 0 radical (unpaired) electrons. The molecule has 76 valence electrons. The molecule has 0 aromatic rings. The van der Waals surface area contributed by atoms with Crippen LogP contribution in [0.2, 0.25) is 0 Å². The van der Waals surface area contributed by atoms with Crippen molar-refractivity contribution in [3.8, 4) is 0 Å². The van der Waals surface area contributed by atoms with Crippen LogP contribution in [0.1, 0.15) is 44.9 Å². The summed E-state index contributed by atoms with van der Waals surface area (Å²) in [6.07, 6.45) is 10.2. The summed E-state index contributed by atoms with van der Waals surface area (Å²) in [5.41, 5.74) is 0. The van der Waals surface area contributed by atoms with Gasteiger partial charge in [-0.1, -0.05) is 35.2 Å². The van der Waals surface area contributed by atoms with Crippen LogP contribution in [0.15, 0.2) is 0 Å². The van der Waals surface area contributed by atoms with Crippen LogP contribution in [0.4, 0.5) is 0 Å². The quantitative estimate of drug-likeness (QED) is 0.693. The summed E-state index contributed by atoms with van der Waals surface area (Å²) in [4.78, 5) is 0.740. The third kappa shape index (κ3) is 2.95. The number of ether oxygens (including phenoxy) is 1. The van der Waals surface area contributed by atoms with Crippen LogP contribution >= 0.6 is 15.9 Å². The minimum Gasteiger partial charge on any atom is -0.378 e. The van der Waals surface area contributed by atoms with Crippen molar-refractivity contribution in [2.75, 3.05) is 6.61 Å². The van der Waals surface area contributed by atoms with Crippen LogP contribution in [0.25, 0.3) is 0 Å². The molecule has 0 N–H and O–H groups in total. The van der Waals surface area contributed by atoms with Crippen molar-refractivity contribution in [1.82, 2.24) is 0 Å². The monoisotopic (exact) mass is 246 g/mol. The fourth-order valence-electron chi connectivity index (χ4n) is 2.26. The number of hydrogen-bond acceptors (Lipinski definition) is 1. The first kappa shape index (κ1) is 9.97. The SMILES string of the molecule is BrC1CC(OCC2CCCCC2)C1. The van der Waals surface area contributed by atoms with E-state index in [1.54, 1.807) is 0 Å². The molecule has 0 aromatic carbocycles. The van der Waals surface area contributed by atoms with Crippen LogP contribution in [0.5, 0.6) is 0 Å². The summed E-state index contributed by atoms with van der Waals surface area (Å²) in [6, 6.07) is 0. The van der Waals surface area contributed by atoms with Gasteiger partial charge in [0, 0.05) is 11.4 Å². The van der Waals surface area contributed by atoms with Crippen molar-refractivity contribution in [1.29, 1.82) is 0 Å². The Labute approximate surface area is 89.4 Å². The Balaban J connectivity index is 1.56. The van der Waals surface area contributed by atoms with Crippen LogP contribution in [0, 0.1) is 5.92 Å². The molecule has 13 heavy (non-hydrogen) atoms. The average molecular weight is 247 g/mol. The molecular weight excluding hydrogens is 228 g/mol. The lowest BCUT2D eigenvalue weighted by Gasteiger charge is -2.33. The summed E-state index contributed by atoms with van der Waals surface area (Å²) in [6.45, 7) is 1.03. The van der Waals surface area contributed by atoms with Gasteiger partial charge >= 0.3 is 0 Å². The van der Waals surface area contributed by atoms with Crippen LogP contribution in [0.3, 0.4) is 0 Å². The fourth-order valence-corrected chi connectivity index (χ4v) is 3.10. The van der Waals surface area contributed by atoms with Gasteiger partial charge in [-0.3, -0.25) is 0 Å². The molecule has 2 heteroatoms. The smallest absolute Gasteiger partial charge is 0.0596 e. The molecule has 0 atom stereocenters. The van der Waals surface area contributed by atoms with E-state index in [0.717, 1.165) is 17.4 Å². The predicted octanol–water partition coefficient (Wildman–Crippen LogP) is 3.51. The molecule has 0 saturated heterocycles. The highest BCUT2D eigenvalue weighted by Gasteiger charge is 2.28. The van der Waals surface area contributed by atoms with Gasteiger partial charge in [-0.15, -0.1) is 0 Å². The van der Waals surface area contributed by atoms with E-state index in [4.69, 9.17) is 4.74 Å². The fraction of sp³-hybridized carbons (Fsp3) is 1.00. The van der Waals surface area contributed by atoms with Gasteiger partial charge in [-0.05, 0) is 31.6 Å². The molecule has 2 aliphatic carbocycles. The number of alkyl halides is 1. The van der Waals surface area contributed by atoms with Crippen molar-refractivity contribution in [2.45, 2.75) is 55.9 Å². The van der Waals surface area contributed by atoms with Gasteiger partial charge < -0.3 is 4.74 Å². The zero-order chi connectivity index (χ0) is 9.10. The first-order chi connectivity index (χ1) is 6.34. The molecule has 2 saturated carbocycles. The molecule has 0 amide bonds. The van der Waals surface area contributed by atoms with Gasteiger partial charge in [0.15, 0.2) is 0 Å². The molecule has 2 aliphatic rings. The molecule has 2 rings (SSSR count). The maximum absolute atomic E-state index is 5.86. The highest BCUT2D eigenvalue weighted by atomic mass is 79.9. The highest BCUT2D eigenvalue weighted by Crippen LogP contribution is 2.31. The van der Waals surface area contributed by atoms with E-state index in [2.05, 4.69) is 15.9 Å². The van der Waals surface area contributed by atoms with Crippen LogP contribution in [-0.2, 0) is 4.74 Å². The molecule has 0 heterocycles. The summed E-state index contributed by atoms with van der Waals surface area (Å²) >= 11 is 3.59. The highest BCUT2D eigenvalue weighted by molar-refractivity contribution is 9.09. The molecule has 0 unspecified atom stereocenters. The topological polar surface area (TPSA) is 9.23 Å². The summed E-state index contributed by atoms with van der Waals surface area (Å²) in [5.74, 6) is 0.878. The Kier molecular flexibility index (Phi) is 3.67. The van der Waals surface area contributed by atoms with Crippen LogP contribution < -0.4 is 0 Å². The first-order valence-electron chi connectivity index (χ1n) is 5.60. The van der Waals surface area contributed by atoms with Gasteiger partial charge in [0.25, 0.3) is 0 Å². The predicted molar refractivity (Wildman–Crippen MR) is 58.3 cm³/mol. The van der Waals surface area contributed by atoms with E-state index in [1.165, 1.54) is 44.9 Å². The zero-order valence-corrected chi connectivity index (χ0v) is 9.76. The third-order valence-electron chi connectivity index (χ3n) is 3.33. The van der Waals surface area contributed by atoms with Crippen molar-refractivity contribution in [3.05, 3.63) is 0 Å². The minimum atomic E-state index is 0.575. The summed E-state index contributed by atoms with van der Waals surface area (Å²) < 4.78 is 5.86. The lowest BCUT2D eigenvalue weighted by Crippen LogP contribution is -2.33. The molecule has 0 spiro atoms. The van der Waals surface area contributed by atoms with E-state index in [0.29, 0.717) is 6.10 Å². The first-order valence-corrected chi connectivity index (χ1v) is 6.52. The van der Waals surface area contributed by atoms with Crippen molar-refractivity contribution in [2.24, 2.45) is 5.92 Å². The second kappa shape index (κ2) is 4.79. The average Bonchev–Trinajstić information content (AvgIpc) is 2.12. The second-order valence-electron chi connectivity index (χ2n) is 4.53. The number of hydrogen-bond donors (Lipinski definition) is 0. The maximum Gasteiger partial charge on any atom is 0.0596 e. The summed E-state index contributed by atoms with van der Waals surface area (Å²) in [5, 5.41) is 0. The van der Waals surface area contributed by atoms with Crippen molar-refractivity contribution < 1.29 is 4.74 Å². The lowest BCUT2D eigenvalue weighted by molar-refractivity contribution is -0.0170. The molecule has 0 aromatic heterocycles. The minimum absolute atomic E-state index is 0.575. The van der Waals surface area contributed by atoms with Gasteiger partial charge in [0.2, 0.25) is 0 Å².